The zero-order chi connectivity index (χ0) is 33.3. The van der Waals surface area contributed by atoms with Crippen LogP contribution in [0, 0.1) is 0 Å². The number of pyridine rings is 1. The standard InChI is InChI=1S/C42H45N4O/c1-40(2,3)28-22-23-43-39(24-28)46-34-15-11-10-14-31(34)32-20-18-29(25-37(32)46)47-30-19-21-33(41(4,5)6)38(26-30)44-27-45(42(7,8)9)36-17-13-12-16-35(36)44/h10-27H,1-9H3/q+1. The largest absolute Gasteiger partial charge is 0.457 e. The third-order valence-corrected chi connectivity index (χ3v) is 9.11. The second-order valence-electron chi connectivity index (χ2n) is 15.7. The molecule has 5 heteroatoms. The van der Waals surface area contributed by atoms with Gasteiger partial charge in [-0.3, -0.25) is 4.57 Å². The number of nitrogens with zero attached hydrogens (tertiary/aromatic N) is 4. The van der Waals surface area contributed by atoms with Gasteiger partial charge in [-0.1, -0.05) is 77.9 Å². The molecular formula is C42H45N4O+. The van der Waals surface area contributed by atoms with Crippen molar-refractivity contribution < 1.29 is 9.30 Å². The van der Waals surface area contributed by atoms with Gasteiger partial charge in [0.25, 0.3) is 0 Å². The van der Waals surface area contributed by atoms with E-state index in [-0.39, 0.29) is 16.4 Å². The van der Waals surface area contributed by atoms with Crippen molar-refractivity contribution in [3.8, 4) is 23.0 Å². The van der Waals surface area contributed by atoms with Gasteiger partial charge in [-0.05, 0) is 85.7 Å². The van der Waals surface area contributed by atoms with Gasteiger partial charge in [0.15, 0.2) is 11.0 Å². The van der Waals surface area contributed by atoms with Crippen molar-refractivity contribution in [2.24, 2.45) is 0 Å². The maximum Gasteiger partial charge on any atom is 0.250 e. The average Bonchev–Trinajstić information content (AvgIpc) is 3.57. The van der Waals surface area contributed by atoms with Crippen molar-refractivity contribution in [2.45, 2.75) is 78.7 Å². The summed E-state index contributed by atoms with van der Waals surface area (Å²) in [6.45, 7) is 20.3. The molecule has 0 radical (unpaired) electrons. The number of fused-ring (bicyclic) bond motifs is 4. The molecule has 3 heterocycles. The van der Waals surface area contributed by atoms with Crippen molar-refractivity contribution in [2.75, 3.05) is 0 Å². The minimum atomic E-state index is -0.0734. The highest BCUT2D eigenvalue weighted by Gasteiger charge is 2.29. The Kier molecular flexibility index (Phi) is 7.09. The summed E-state index contributed by atoms with van der Waals surface area (Å²) < 4.78 is 13.7. The van der Waals surface area contributed by atoms with Crippen LogP contribution in [0.1, 0.15) is 73.4 Å². The Labute approximate surface area is 278 Å². The number of ether oxygens (including phenoxy) is 1. The summed E-state index contributed by atoms with van der Waals surface area (Å²) in [7, 11) is 0. The van der Waals surface area contributed by atoms with Gasteiger partial charge >= 0.3 is 0 Å². The Bertz CT molecular complexity index is 2280. The average molecular weight is 622 g/mol. The molecule has 0 atom stereocenters. The molecule has 7 rings (SSSR count). The van der Waals surface area contributed by atoms with Crippen LogP contribution in [0.2, 0.25) is 0 Å². The molecule has 0 fully saturated rings. The highest BCUT2D eigenvalue weighted by Crippen LogP contribution is 2.38. The van der Waals surface area contributed by atoms with Crippen molar-refractivity contribution in [3.63, 3.8) is 0 Å². The molecule has 238 valence electrons. The van der Waals surface area contributed by atoms with Gasteiger partial charge in [0.1, 0.15) is 28.5 Å². The van der Waals surface area contributed by atoms with E-state index in [9.17, 15) is 0 Å². The van der Waals surface area contributed by atoms with Crippen molar-refractivity contribution in [1.29, 1.82) is 0 Å². The fourth-order valence-corrected chi connectivity index (χ4v) is 6.65. The summed E-state index contributed by atoms with van der Waals surface area (Å²) in [5.41, 5.74) is 8.06. The molecule has 0 unspecified atom stereocenters. The van der Waals surface area contributed by atoms with E-state index in [1.54, 1.807) is 0 Å². The van der Waals surface area contributed by atoms with Gasteiger partial charge < -0.3 is 4.74 Å². The van der Waals surface area contributed by atoms with Gasteiger partial charge in [-0.15, -0.1) is 0 Å². The molecule has 0 aliphatic heterocycles. The monoisotopic (exact) mass is 621 g/mol. The van der Waals surface area contributed by atoms with Crippen LogP contribution in [-0.2, 0) is 16.4 Å². The molecule has 0 saturated carbocycles. The van der Waals surface area contributed by atoms with Crippen LogP contribution < -0.4 is 9.30 Å². The SMILES string of the molecule is CC(C)(C)c1ccnc(-n2c3ccccc3c3ccc(Oc4ccc(C(C)(C)C)c(-n5c[n+](C(C)(C)C)c6ccccc65)c4)cc32)c1. The predicted molar refractivity (Wildman–Crippen MR) is 195 cm³/mol. The number of rotatable bonds is 4. The van der Waals surface area contributed by atoms with Crippen LogP contribution in [0.4, 0.5) is 0 Å². The summed E-state index contributed by atoms with van der Waals surface area (Å²) >= 11 is 0. The van der Waals surface area contributed by atoms with Crippen LogP contribution in [-0.4, -0.2) is 14.1 Å². The van der Waals surface area contributed by atoms with E-state index in [1.807, 2.05) is 6.20 Å². The zero-order valence-corrected chi connectivity index (χ0v) is 29.1. The second kappa shape index (κ2) is 10.8. The number of benzene rings is 4. The first-order chi connectivity index (χ1) is 22.2. The molecule has 5 nitrogen and oxygen atoms in total. The Hall–Kier alpha value is -4.90. The molecule has 4 aromatic carbocycles. The molecular weight excluding hydrogens is 576 g/mol. The Morgan fingerprint density at radius 1 is 0.617 bits per heavy atom. The Balaban J connectivity index is 1.38. The van der Waals surface area contributed by atoms with Crippen LogP contribution in [0.25, 0.3) is 44.3 Å². The molecule has 0 N–H and O–H groups in total. The number of para-hydroxylation sites is 3. The molecule has 0 aliphatic carbocycles. The van der Waals surface area contributed by atoms with Crippen LogP contribution >= 0.6 is 0 Å². The Morgan fingerprint density at radius 2 is 1.28 bits per heavy atom. The molecule has 0 bridgehead atoms. The van der Waals surface area contributed by atoms with E-state index < -0.39 is 0 Å². The van der Waals surface area contributed by atoms with E-state index in [0.29, 0.717) is 0 Å². The quantitative estimate of drug-likeness (QED) is 0.183. The minimum Gasteiger partial charge on any atom is -0.457 e. The third-order valence-electron chi connectivity index (χ3n) is 9.11. The van der Waals surface area contributed by atoms with Gasteiger partial charge in [0.05, 0.1) is 11.0 Å². The van der Waals surface area contributed by atoms with E-state index in [4.69, 9.17) is 9.72 Å². The van der Waals surface area contributed by atoms with E-state index in [2.05, 4.69) is 179 Å². The number of aromatic nitrogens is 4. The summed E-state index contributed by atoms with van der Waals surface area (Å²) in [5, 5.41) is 2.37. The third kappa shape index (κ3) is 5.48. The highest BCUT2D eigenvalue weighted by atomic mass is 16.5. The molecule has 0 amide bonds. The number of imidazole rings is 1. The minimum absolute atomic E-state index is 0.0127. The fraction of sp³-hybridized carbons (Fsp3) is 0.286. The Morgan fingerprint density at radius 3 is 2.00 bits per heavy atom. The molecule has 47 heavy (non-hydrogen) atoms. The van der Waals surface area contributed by atoms with Crippen LogP contribution in [0.5, 0.6) is 11.5 Å². The van der Waals surface area contributed by atoms with Crippen LogP contribution in [0.15, 0.2) is 110 Å². The fourth-order valence-electron chi connectivity index (χ4n) is 6.65. The second-order valence-corrected chi connectivity index (χ2v) is 15.7. The van der Waals surface area contributed by atoms with Gasteiger partial charge in [-0.2, -0.15) is 4.57 Å². The maximum atomic E-state index is 6.71. The topological polar surface area (TPSA) is 35.9 Å². The maximum absolute atomic E-state index is 6.71. The molecule has 7 aromatic rings. The van der Waals surface area contributed by atoms with Crippen molar-refractivity contribution >= 4 is 32.8 Å². The lowest BCUT2D eigenvalue weighted by atomic mass is 9.85. The van der Waals surface area contributed by atoms with Gasteiger partial charge in [-0.25, -0.2) is 9.55 Å². The summed E-state index contributed by atoms with van der Waals surface area (Å²) in [5.74, 6) is 2.48. The first-order valence-electron chi connectivity index (χ1n) is 16.6. The summed E-state index contributed by atoms with van der Waals surface area (Å²) in [6, 6.07) is 34.4. The van der Waals surface area contributed by atoms with E-state index in [0.717, 1.165) is 34.0 Å². The van der Waals surface area contributed by atoms with Crippen molar-refractivity contribution in [1.82, 2.24) is 14.1 Å². The van der Waals surface area contributed by atoms with Gasteiger partial charge in [0, 0.05) is 34.7 Å². The van der Waals surface area contributed by atoms with Crippen molar-refractivity contribution in [3.05, 3.63) is 121 Å². The predicted octanol–water partition coefficient (Wildman–Crippen LogP) is 10.6. The zero-order valence-electron chi connectivity index (χ0n) is 29.1. The molecule has 0 aliphatic rings. The lowest BCUT2D eigenvalue weighted by Crippen LogP contribution is -2.49. The number of hydrogen-bond acceptors (Lipinski definition) is 2. The molecule has 0 saturated heterocycles. The molecule has 0 spiro atoms. The van der Waals surface area contributed by atoms with E-state index in [1.165, 1.54) is 32.9 Å². The smallest absolute Gasteiger partial charge is 0.250 e. The lowest BCUT2D eigenvalue weighted by Gasteiger charge is -2.22. The lowest BCUT2D eigenvalue weighted by molar-refractivity contribution is -0.731. The highest BCUT2D eigenvalue weighted by molar-refractivity contribution is 6.09. The van der Waals surface area contributed by atoms with Crippen LogP contribution in [0.3, 0.4) is 0 Å². The van der Waals surface area contributed by atoms with Gasteiger partial charge in [0.2, 0.25) is 6.33 Å². The summed E-state index contributed by atoms with van der Waals surface area (Å²) in [4.78, 5) is 4.85. The van der Waals surface area contributed by atoms with E-state index >= 15 is 0 Å². The first-order valence-corrected chi connectivity index (χ1v) is 16.6. The normalized spacial score (nSPS) is 12.8. The summed E-state index contributed by atoms with van der Waals surface area (Å²) in [6.07, 6.45) is 4.16. The number of hydrogen-bond donors (Lipinski definition) is 0. The first kappa shape index (κ1) is 30.7. The molecule has 3 aromatic heterocycles.